The van der Waals surface area contributed by atoms with Crippen molar-refractivity contribution in [2.24, 2.45) is 5.10 Å². The SMILES string of the molecule is Cc1ccc(C2=NN(C(=O)NCc3ccc(C(F)(F)F)cc3)CC2N2CCOCC2=O)cc1. The zero-order valence-electron chi connectivity index (χ0n) is 17.9. The van der Waals surface area contributed by atoms with Gasteiger partial charge in [0.2, 0.25) is 5.91 Å². The standard InChI is InChI=1S/C23H23F3N4O3/c1-15-2-6-17(7-3-15)21-19(29-10-11-33-14-20(29)31)13-30(28-21)22(32)27-12-16-4-8-18(9-5-16)23(24,25)26/h2-9,19H,10-14H2,1H3,(H,27,32). The Kier molecular flexibility index (Phi) is 6.37. The number of hydrazone groups is 1. The zero-order chi connectivity index (χ0) is 23.6. The van der Waals surface area contributed by atoms with E-state index in [1.807, 2.05) is 31.2 Å². The second-order valence-corrected chi connectivity index (χ2v) is 7.94. The van der Waals surface area contributed by atoms with Crippen LogP contribution >= 0.6 is 0 Å². The average Bonchev–Trinajstić information content (AvgIpc) is 3.23. The lowest BCUT2D eigenvalue weighted by molar-refractivity contribution is -0.144. The van der Waals surface area contributed by atoms with Crippen LogP contribution in [0.1, 0.15) is 22.3 Å². The summed E-state index contributed by atoms with van der Waals surface area (Å²) in [7, 11) is 0. The molecule has 1 unspecified atom stereocenters. The van der Waals surface area contributed by atoms with Crippen molar-refractivity contribution < 1.29 is 27.5 Å². The molecule has 1 N–H and O–H groups in total. The van der Waals surface area contributed by atoms with Gasteiger partial charge in [0, 0.05) is 13.1 Å². The van der Waals surface area contributed by atoms with Gasteiger partial charge in [-0.15, -0.1) is 0 Å². The highest BCUT2D eigenvalue weighted by atomic mass is 19.4. The lowest BCUT2D eigenvalue weighted by Crippen LogP contribution is -2.52. The van der Waals surface area contributed by atoms with Gasteiger partial charge in [-0.3, -0.25) is 4.79 Å². The van der Waals surface area contributed by atoms with E-state index in [1.54, 1.807) is 4.90 Å². The Labute approximate surface area is 188 Å². The van der Waals surface area contributed by atoms with Gasteiger partial charge in [-0.2, -0.15) is 18.3 Å². The molecule has 2 aliphatic rings. The fraction of sp³-hybridized carbons (Fsp3) is 0.348. The predicted octanol–water partition coefficient (Wildman–Crippen LogP) is 3.17. The quantitative estimate of drug-likeness (QED) is 0.762. The predicted molar refractivity (Wildman–Crippen MR) is 114 cm³/mol. The minimum atomic E-state index is -4.41. The summed E-state index contributed by atoms with van der Waals surface area (Å²) in [5, 5.41) is 8.43. The first-order chi connectivity index (χ1) is 15.7. The summed E-state index contributed by atoms with van der Waals surface area (Å²) in [6, 6.07) is 11.4. The Morgan fingerprint density at radius 3 is 2.48 bits per heavy atom. The van der Waals surface area contributed by atoms with E-state index in [-0.39, 0.29) is 25.6 Å². The summed E-state index contributed by atoms with van der Waals surface area (Å²) in [6.45, 7) is 2.97. The Morgan fingerprint density at radius 2 is 1.85 bits per heavy atom. The van der Waals surface area contributed by atoms with Crippen molar-refractivity contribution in [2.75, 3.05) is 26.3 Å². The van der Waals surface area contributed by atoms with Crippen LogP contribution in [0, 0.1) is 6.92 Å². The molecule has 1 saturated heterocycles. The van der Waals surface area contributed by atoms with Crippen LogP contribution in [-0.2, 0) is 22.3 Å². The molecule has 1 atom stereocenters. The molecule has 4 rings (SSSR count). The first kappa shape index (κ1) is 22.8. The van der Waals surface area contributed by atoms with Crippen LogP contribution in [0.5, 0.6) is 0 Å². The van der Waals surface area contributed by atoms with Gasteiger partial charge in [0.1, 0.15) is 6.61 Å². The number of halogens is 3. The number of rotatable bonds is 4. The molecule has 0 aromatic heterocycles. The number of morpholine rings is 1. The molecule has 7 nitrogen and oxygen atoms in total. The van der Waals surface area contributed by atoms with Gasteiger partial charge < -0.3 is 15.0 Å². The second-order valence-electron chi connectivity index (χ2n) is 7.94. The van der Waals surface area contributed by atoms with Gasteiger partial charge in [-0.1, -0.05) is 42.0 Å². The number of carbonyl (C=O) groups excluding carboxylic acids is 2. The Morgan fingerprint density at radius 1 is 1.15 bits per heavy atom. The first-order valence-electron chi connectivity index (χ1n) is 10.5. The van der Waals surface area contributed by atoms with E-state index in [0.717, 1.165) is 23.3 Å². The van der Waals surface area contributed by atoms with Crippen molar-refractivity contribution in [2.45, 2.75) is 25.7 Å². The number of nitrogens with zero attached hydrogens (tertiary/aromatic N) is 3. The molecule has 0 spiro atoms. The van der Waals surface area contributed by atoms with Gasteiger partial charge >= 0.3 is 12.2 Å². The third-order valence-corrected chi connectivity index (χ3v) is 5.60. The third kappa shape index (κ3) is 5.16. The highest BCUT2D eigenvalue weighted by Crippen LogP contribution is 2.29. The number of nitrogens with one attached hydrogen (secondary N) is 1. The molecule has 2 aliphatic heterocycles. The molecule has 2 aromatic rings. The molecule has 3 amide bonds. The van der Waals surface area contributed by atoms with Crippen molar-refractivity contribution in [3.05, 3.63) is 70.8 Å². The Bertz CT molecular complexity index is 1050. The maximum atomic E-state index is 12.8. The fourth-order valence-electron chi connectivity index (χ4n) is 3.78. The number of ether oxygens (including phenoxy) is 1. The summed E-state index contributed by atoms with van der Waals surface area (Å²) >= 11 is 0. The summed E-state index contributed by atoms with van der Waals surface area (Å²) in [6.07, 6.45) is -4.41. The van der Waals surface area contributed by atoms with E-state index in [0.29, 0.717) is 24.4 Å². The van der Waals surface area contributed by atoms with E-state index >= 15 is 0 Å². The Balaban J connectivity index is 1.49. The van der Waals surface area contributed by atoms with Crippen molar-refractivity contribution in [3.63, 3.8) is 0 Å². The molecule has 10 heteroatoms. The zero-order valence-corrected chi connectivity index (χ0v) is 17.9. The smallest absolute Gasteiger partial charge is 0.370 e. The lowest BCUT2D eigenvalue weighted by Gasteiger charge is -2.32. The summed E-state index contributed by atoms with van der Waals surface area (Å²) < 4.78 is 43.4. The molecule has 0 radical (unpaired) electrons. The van der Waals surface area contributed by atoms with Gasteiger partial charge in [-0.05, 0) is 30.2 Å². The number of urea groups is 1. The molecule has 1 fully saturated rings. The minimum Gasteiger partial charge on any atom is -0.370 e. The maximum Gasteiger partial charge on any atom is 0.416 e. The lowest BCUT2D eigenvalue weighted by atomic mass is 10.0. The normalized spacial score (nSPS) is 19.0. The van der Waals surface area contributed by atoms with Crippen molar-refractivity contribution in [1.29, 1.82) is 0 Å². The topological polar surface area (TPSA) is 74.2 Å². The highest BCUT2D eigenvalue weighted by molar-refractivity contribution is 6.08. The van der Waals surface area contributed by atoms with Crippen molar-refractivity contribution >= 4 is 17.6 Å². The van der Waals surface area contributed by atoms with Crippen molar-refractivity contribution in [3.8, 4) is 0 Å². The molecule has 174 valence electrons. The number of hydrogen-bond acceptors (Lipinski definition) is 4. The van der Waals surface area contributed by atoms with Crippen LogP contribution in [0.15, 0.2) is 53.6 Å². The number of carbonyl (C=O) groups is 2. The summed E-state index contributed by atoms with van der Waals surface area (Å²) in [5.41, 5.74) is 2.26. The summed E-state index contributed by atoms with van der Waals surface area (Å²) in [4.78, 5) is 26.9. The number of hydrogen-bond donors (Lipinski definition) is 1. The molecule has 2 aromatic carbocycles. The van der Waals surface area contributed by atoms with Gasteiger partial charge in [0.05, 0.1) is 30.5 Å². The fourth-order valence-corrected chi connectivity index (χ4v) is 3.78. The number of amides is 3. The van der Waals surface area contributed by atoms with Gasteiger partial charge in [0.15, 0.2) is 0 Å². The van der Waals surface area contributed by atoms with E-state index in [1.165, 1.54) is 17.1 Å². The summed E-state index contributed by atoms with van der Waals surface area (Å²) in [5.74, 6) is -0.168. The van der Waals surface area contributed by atoms with Gasteiger partial charge in [0.25, 0.3) is 0 Å². The third-order valence-electron chi connectivity index (χ3n) is 5.60. The molecule has 0 saturated carbocycles. The van der Waals surface area contributed by atoms with E-state index in [2.05, 4.69) is 10.4 Å². The maximum absolute atomic E-state index is 12.8. The van der Waals surface area contributed by atoms with E-state index in [4.69, 9.17) is 4.74 Å². The van der Waals surface area contributed by atoms with Gasteiger partial charge in [-0.25, -0.2) is 9.80 Å². The largest absolute Gasteiger partial charge is 0.416 e. The average molecular weight is 460 g/mol. The number of alkyl halides is 3. The monoisotopic (exact) mass is 460 g/mol. The van der Waals surface area contributed by atoms with Crippen LogP contribution in [0.3, 0.4) is 0 Å². The molecule has 0 aliphatic carbocycles. The highest BCUT2D eigenvalue weighted by Gasteiger charge is 2.38. The van der Waals surface area contributed by atoms with E-state index < -0.39 is 23.8 Å². The second kappa shape index (κ2) is 9.22. The Hall–Kier alpha value is -3.40. The minimum absolute atomic E-state index is 0.0161. The first-order valence-corrected chi connectivity index (χ1v) is 10.5. The molecular formula is C23H23F3N4O3. The van der Waals surface area contributed by atoms with Crippen LogP contribution in [0.25, 0.3) is 0 Å². The molecule has 2 heterocycles. The van der Waals surface area contributed by atoms with Crippen LogP contribution in [0.4, 0.5) is 18.0 Å². The number of aryl methyl sites for hydroxylation is 1. The molecular weight excluding hydrogens is 437 g/mol. The molecule has 0 bridgehead atoms. The molecule has 33 heavy (non-hydrogen) atoms. The van der Waals surface area contributed by atoms with Crippen LogP contribution < -0.4 is 5.32 Å². The van der Waals surface area contributed by atoms with Crippen LogP contribution in [0.2, 0.25) is 0 Å². The van der Waals surface area contributed by atoms with Crippen LogP contribution in [-0.4, -0.2) is 59.9 Å². The van der Waals surface area contributed by atoms with Crippen molar-refractivity contribution in [1.82, 2.24) is 15.2 Å². The number of benzene rings is 2. The van der Waals surface area contributed by atoms with E-state index in [9.17, 15) is 22.8 Å².